The van der Waals surface area contributed by atoms with Gasteiger partial charge < -0.3 is 5.32 Å². The molecule has 1 N–H and O–H groups in total. The first-order valence-electron chi connectivity index (χ1n) is 5.92. The number of aryl methyl sites for hydroxylation is 2. The smallest absolute Gasteiger partial charge is 0.0585 e. The summed E-state index contributed by atoms with van der Waals surface area (Å²) in [5, 5.41) is 5.67. The Morgan fingerprint density at radius 3 is 2.53 bits per heavy atom. The summed E-state index contributed by atoms with van der Waals surface area (Å²) in [6.07, 6.45) is 0. The van der Waals surface area contributed by atoms with Crippen LogP contribution in [0, 0.1) is 20.8 Å². The van der Waals surface area contributed by atoms with E-state index in [4.69, 9.17) is 0 Å². The van der Waals surface area contributed by atoms with Gasteiger partial charge in [0.05, 0.1) is 6.04 Å². The molecule has 0 aliphatic heterocycles. The van der Waals surface area contributed by atoms with Crippen LogP contribution in [0.25, 0.3) is 0 Å². The van der Waals surface area contributed by atoms with E-state index in [0.717, 1.165) is 0 Å². The molecular weight excluding hydrogens is 226 g/mol. The molecule has 0 saturated heterocycles. The van der Waals surface area contributed by atoms with E-state index in [1.807, 2.05) is 18.4 Å². The van der Waals surface area contributed by atoms with Gasteiger partial charge in [-0.25, -0.2) is 0 Å². The molecule has 0 fully saturated rings. The quantitative estimate of drug-likeness (QED) is 0.862. The van der Waals surface area contributed by atoms with Gasteiger partial charge in [0, 0.05) is 4.88 Å². The minimum atomic E-state index is 0.305. The third kappa shape index (κ3) is 2.43. The topological polar surface area (TPSA) is 12.0 Å². The van der Waals surface area contributed by atoms with Crippen LogP contribution in [-0.2, 0) is 0 Å². The molecule has 1 nitrogen and oxygen atoms in total. The number of nitrogens with one attached hydrogen (secondary N) is 1. The van der Waals surface area contributed by atoms with Gasteiger partial charge in [-0.15, -0.1) is 11.3 Å². The van der Waals surface area contributed by atoms with Crippen molar-refractivity contribution in [2.75, 3.05) is 7.05 Å². The number of thiophene rings is 1. The van der Waals surface area contributed by atoms with Crippen LogP contribution >= 0.6 is 11.3 Å². The lowest BCUT2D eigenvalue weighted by molar-refractivity contribution is 0.689. The van der Waals surface area contributed by atoms with Crippen LogP contribution in [0.15, 0.2) is 29.6 Å². The first-order valence-corrected chi connectivity index (χ1v) is 6.80. The van der Waals surface area contributed by atoms with Gasteiger partial charge in [0.1, 0.15) is 0 Å². The Morgan fingerprint density at radius 1 is 1.18 bits per heavy atom. The van der Waals surface area contributed by atoms with Crippen LogP contribution in [0.2, 0.25) is 0 Å². The highest BCUT2D eigenvalue weighted by Gasteiger charge is 2.15. The zero-order valence-corrected chi connectivity index (χ0v) is 11.7. The first-order chi connectivity index (χ1) is 8.13. The van der Waals surface area contributed by atoms with Gasteiger partial charge in [-0.2, -0.15) is 0 Å². The molecule has 17 heavy (non-hydrogen) atoms. The van der Waals surface area contributed by atoms with Crippen LogP contribution in [0.3, 0.4) is 0 Å². The zero-order valence-electron chi connectivity index (χ0n) is 10.9. The van der Waals surface area contributed by atoms with E-state index in [-0.39, 0.29) is 0 Å². The van der Waals surface area contributed by atoms with Gasteiger partial charge in [0.15, 0.2) is 0 Å². The molecule has 1 aromatic carbocycles. The van der Waals surface area contributed by atoms with Gasteiger partial charge in [-0.1, -0.05) is 18.2 Å². The normalized spacial score (nSPS) is 12.7. The Hall–Kier alpha value is -1.12. The van der Waals surface area contributed by atoms with Crippen molar-refractivity contribution in [3.05, 3.63) is 56.8 Å². The summed E-state index contributed by atoms with van der Waals surface area (Å²) < 4.78 is 0. The van der Waals surface area contributed by atoms with E-state index in [1.54, 1.807) is 0 Å². The van der Waals surface area contributed by atoms with Crippen molar-refractivity contribution in [3.63, 3.8) is 0 Å². The number of benzene rings is 1. The summed E-state index contributed by atoms with van der Waals surface area (Å²) >= 11 is 1.81. The lowest BCUT2D eigenvalue weighted by Crippen LogP contribution is -2.18. The van der Waals surface area contributed by atoms with E-state index >= 15 is 0 Å². The third-order valence-corrected chi connectivity index (χ3v) is 4.21. The first kappa shape index (κ1) is 12.3. The summed E-state index contributed by atoms with van der Waals surface area (Å²) in [6.45, 7) is 6.53. The molecule has 1 atom stereocenters. The van der Waals surface area contributed by atoms with Crippen molar-refractivity contribution in [1.82, 2.24) is 5.32 Å². The van der Waals surface area contributed by atoms with Crippen molar-refractivity contribution in [3.8, 4) is 0 Å². The second-order valence-electron chi connectivity index (χ2n) is 4.50. The predicted octanol–water partition coefficient (Wildman–Crippen LogP) is 3.98. The van der Waals surface area contributed by atoms with Crippen molar-refractivity contribution in [2.45, 2.75) is 26.8 Å². The lowest BCUT2D eigenvalue weighted by Gasteiger charge is -2.19. The van der Waals surface area contributed by atoms with Crippen molar-refractivity contribution in [1.29, 1.82) is 0 Å². The summed E-state index contributed by atoms with van der Waals surface area (Å²) in [5.74, 6) is 0. The SMILES string of the molecule is CNC(c1csc(C)c1)c1cccc(C)c1C. The molecule has 0 spiro atoms. The maximum absolute atomic E-state index is 3.42. The molecular formula is C15H19NS. The van der Waals surface area contributed by atoms with Crippen molar-refractivity contribution in [2.24, 2.45) is 0 Å². The van der Waals surface area contributed by atoms with Gasteiger partial charge in [-0.05, 0) is 61.5 Å². The molecule has 2 aromatic rings. The maximum Gasteiger partial charge on any atom is 0.0585 e. The average molecular weight is 245 g/mol. The van der Waals surface area contributed by atoms with Crippen LogP contribution in [0.4, 0.5) is 0 Å². The predicted molar refractivity (Wildman–Crippen MR) is 75.9 cm³/mol. The van der Waals surface area contributed by atoms with E-state index in [1.165, 1.54) is 27.1 Å². The lowest BCUT2D eigenvalue weighted by atomic mass is 9.94. The Labute approximate surface area is 108 Å². The Balaban J connectivity index is 2.45. The molecule has 0 saturated carbocycles. The van der Waals surface area contributed by atoms with Crippen molar-refractivity contribution >= 4 is 11.3 Å². The van der Waals surface area contributed by atoms with Gasteiger partial charge in [-0.3, -0.25) is 0 Å². The summed E-state index contributed by atoms with van der Waals surface area (Å²) in [6, 6.07) is 9.11. The molecule has 90 valence electrons. The summed E-state index contributed by atoms with van der Waals surface area (Å²) in [7, 11) is 2.03. The monoisotopic (exact) mass is 245 g/mol. The zero-order chi connectivity index (χ0) is 12.4. The van der Waals surface area contributed by atoms with Crippen LogP contribution in [-0.4, -0.2) is 7.05 Å². The van der Waals surface area contributed by atoms with E-state index in [0.29, 0.717) is 6.04 Å². The minimum Gasteiger partial charge on any atom is -0.309 e. The Morgan fingerprint density at radius 2 is 1.94 bits per heavy atom. The summed E-state index contributed by atoms with van der Waals surface area (Å²) in [5.41, 5.74) is 5.49. The maximum atomic E-state index is 3.42. The standard InChI is InChI=1S/C15H19NS/c1-10-6-5-7-14(12(10)3)15(16-4)13-8-11(2)17-9-13/h5-9,15-16H,1-4H3. The largest absolute Gasteiger partial charge is 0.309 e. The van der Waals surface area contributed by atoms with Crippen LogP contribution in [0.5, 0.6) is 0 Å². The fourth-order valence-electron chi connectivity index (χ4n) is 2.20. The van der Waals surface area contributed by atoms with Crippen LogP contribution < -0.4 is 5.32 Å². The van der Waals surface area contributed by atoms with E-state index < -0.39 is 0 Å². The number of hydrogen-bond acceptors (Lipinski definition) is 2. The highest BCUT2D eigenvalue weighted by atomic mass is 32.1. The molecule has 0 bridgehead atoms. The second-order valence-corrected chi connectivity index (χ2v) is 5.62. The average Bonchev–Trinajstić information content (AvgIpc) is 2.72. The second kappa shape index (κ2) is 5.03. The molecule has 1 aromatic heterocycles. The minimum absolute atomic E-state index is 0.305. The molecule has 0 aliphatic rings. The molecule has 2 heteroatoms. The van der Waals surface area contributed by atoms with Gasteiger partial charge in [0.2, 0.25) is 0 Å². The Bertz CT molecular complexity index is 513. The fraction of sp³-hybridized carbons (Fsp3) is 0.333. The highest BCUT2D eigenvalue weighted by molar-refractivity contribution is 7.10. The number of hydrogen-bond donors (Lipinski definition) is 1. The van der Waals surface area contributed by atoms with E-state index in [9.17, 15) is 0 Å². The van der Waals surface area contributed by atoms with Crippen molar-refractivity contribution < 1.29 is 0 Å². The van der Waals surface area contributed by atoms with E-state index in [2.05, 4.69) is 55.7 Å². The fourth-order valence-corrected chi connectivity index (χ4v) is 2.93. The van der Waals surface area contributed by atoms with Crippen LogP contribution in [0.1, 0.15) is 33.2 Å². The van der Waals surface area contributed by atoms with Gasteiger partial charge >= 0.3 is 0 Å². The molecule has 1 unspecified atom stereocenters. The molecule has 0 amide bonds. The van der Waals surface area contributed by atoms with Gasteiger partial charge in [0.25, 0.3) is 0 Å². The Kier molecular flexibility index (Phi) is 3.65. The highest BCUT2D eigenvalue weighted by Crippen LogP contribution is 2.29. The molecule has 0 radical (unpaired) electrons. The molecule has 2 rings (SSSR count). The number of rotatable bonds is 3. The summed E-state index contributed by atoms with van der Waals surface area (Å²) in [4.78, 5) is 1.37. The molecule has 0 aliphatic carbocycles. The molecule has 1 heterocycles. The third-order valence-electron chi connectivity index (χ3n) is 3.33.